The van der Waals surface area contributed by atoms with Gasteiger partial charge in [-0.1, -0.05) is 0 Å². The van der Waals surface area contributed by atoms with Crippen LogP contribution in [0.2, 0.25) is 0 Å². The Morgan fingerprint density at radius 3 is 3.12 bits per heavy atom. The zero-order valence-electron chi connectivity index (χ0n) is 9.29. The fraction of sp³-hybridized carbons (Fsp3) is 0.417. The lowest BCUT2D eigenvalue weighted by atomic mass is 9.98. The third-order valence-electron chi connectivity index (χ3n) is 2.61. The summed E-state index contributed by atoms with van der Waals surface area (Å²) in [6.45, 7) is 2.82. The Hall–Kier alpha value is -1.71. The molecule has 1 heterocycles. The first kappa shape index (κ1) is 10.8. The molecule has 86 valence electrons. The molecule has 0 bridgehead atoms. The van der Waals surface area contributed by atoms with Crippen molar-refractivity contribution in [3.05, 3.63) is 23.3 Å². The van der Waals surface area contributed by atoms with Crippen LogP contribution in [0.25, 0.3) is 0 Å². The summed E-state index contributed by atoms with van der Waals surface area (Å²) in [6.07, 6.45) is 1.72. The molecular weight excluding hydrogens is 206 g/mol. The molecule has 1 aromatic carbocycles. The summed E-state index contributed by atoms with van der Waals surface area (Å²) in [5.41, 5.74) is 7.63. The van der Waals surface area contributed by atoms with E-state index < -0.39 is 0 Å². The molecule has 0 aromatic heterocycles. The van der Waals surface area contributed by atoms with Crippen LogP contribution in [-0.2, 0) is 11.2 Å². The first-order valence-corrected chi connectivity index (χ1v) is 5.45. The van der Waals surface area contributed by atoms with E-state index in [9.17, 15) is 4.79 Å². The molecule has 0 aliphatic carbocycles. The second kappa shape index (κ2) is 4.43. The number of benzene rings is 1. The summed E-state index contributed by atoms with van der Waals surface area (Å²) < 4.78 is 10.5. The van der Waals surface area contributed by atoms with Crippen molar-refractivity contribution in [1.29, 1.82) is 0 Å². The molecule has 16 heavy (non-hydrogen) atoms. The third kappa shape index (κ3) is 1.83. The Morgan fingerprint density at radius 1 is 1.56 bits per heavy atom. The Balaban J connectivity index is 2.45. The van der Waals surface area contributed by atoms with Gasteiger partial charge < -0.3 is 15.2 Å². The Morgan fingerprint density at radius 2 is 2.38 bits per heavy atom. The van der Waals surface area contributed by atoms with E-state index >= 15 is 0 Å². The lowest BCUT2D eigenvalue weighted by molar-refractivity contribution is 0.0525. The molecule has 2 rings (SSSR count). The quantitative estimate of drug-likeness (QED) is 0.610. The summed E-state index contributed by atoms with van der Waals surface area (Å²) in [5, 5.41) is 0. The summed E-state index contributed by atoms with van der Waals surface area (Å²) in [5.74, 6) is 0.394. The van der Waals surface area contributed by atoms with Crippen LogP contribution in [-0.4, -0.2) is 19.2 Å². The number of carbonyl (C=O) groups is 1. The summed E-state index contributed by atoms with van der Waals surface area (Å²) in [6, 6.07) is 3.50. The number of carbonyl (C=O) groups excluding carboxylic acids is 1. The molecule has 0 spiro atoms. The smallest absolute Gasteiger partial charge is 0.340 e. The van der Waals surface area contributed by atoms with Crippen LogP contribution in [0.3, 0.4) is 0 Å². The van der Waals surface area contributed by atoms with Gasteiger partial charge in [0.15, 0.2) is 0 Å². The number of ether oxygens (including phenoxy) is 2. The molecule has 0 saturated heterocycles. The van der Waals surface area contributed by atoms with Gasteiger partial charge in [0.2, 0.25) is 0 Å². The van der Waals surface area contributed by atoms with Gasteiger partial charge in [0.05, 0.1) is 18.8 Å². The summed E-state index contributed by atoms with van der Waals surface area (Å²) >= 11 is 0. The number of esters is 1. The molecule has 4 heteroatoms. The van der Waals surface area contributed by atoms with E-state index in [0.29, 0.717) is 24.5 Å². The molecule has 1 aromatic rings. The molecular formula is C12H15NO3. The van der Waals surface area contributed by atoms with E-state index in [-0.39, 0.29) is 5.97 Å². The number of rotatable bonds is 2. The van der Waals surface area contributed by atoms with Crippen molar-refractivity contribution in [2.24, 2.45) is 0 Å². The SMILES string of the molecule is CCOC(=O)c1c(N)ccc2c1CCCO2. The van der Waals surface area contributed by atoms with Gasteiger partial charge in [-0.25, -0.2) is 4.79 Å². The fourth-order valence-electron chi connectivity index (χ4n) is 1.91. The Kier molecular flexibility index (Phi) is 2.99. The zero-order chi connectivity index (χ0) is 11.5. The van der Waals surface area contributed by atoms with E-state index in [1.54, 1.807) is 13.0 Å². The molecule has 1 aliphatic rings. The highest BCUT2D eigenvalue weighted by molar-refractivity contribution is 5.97. The van der Waals surface area contributed by atoms with Crippen LogP contribution >= 0.6 is 0 Å². The van der Waals surface area contributed by atoms with Crippen molar-refractivity contribution in [3.63, 3.8) is 0 Å². The highest BCUT2D eigenvalue weighted by atomic mass is 16.5. The molecule has 0 atom stereocenters. The topological polar surface area (TPSA) is 61.5 Å². The molecule has 4 nitrogen and oxygen atoms in total. The number of hydrogen-bond donors (Lipinski definition) is 1. The van der Waals surface area contributed by atoms with Gasteiger partial charge >= 0.3 is 5.97 Å². The predicted octanol–water partition coefficient (Wildman–Crippen LogP) is 1.77. The first-order valence-electron chi connectivity index (χ1n) is 5.45. The maximum absolute atomic E-state index is 11.8. The number of anilines is 1. The maximum Gasteiger partial charge on any atom is 0.340 e. The van der Waals surface area contributed by atoms with Gasteiger partial charge in [0.25, 0.3) is 0 Å². The minimum Gasteiger partial charge on any atom is -0.493 e. The van der Waals surface area contributed by atoms with Crippen molar-refractivity contribution in [2.75, 3.05) is 18.9 Å². The maximum atomic E-state index is 11.8. The number of hydrogen-bond acceptors (Lipinski definition) is 4. The van der Waals surface area contributed by atoms with Gasteiger partial charge in [-0.3, -0.25) is 0 Å². The standard InChI is InChI=1S/C12H15NO3/c1-2-15-12(14)11-8-4-3-7-16-10(8)6-5-9(11)13/h5-6H,2-4,7,13H2,1H3. The van der Waals surface area contributed by atoms with Gasteiger partial charge in [0, 0.05) is 11.3 Å². The second-order valence-corrected chi connectivity index (χ2v) is 3.68. The van der Waals surface area contributed by atoms with Crippen LogP contribution in [0, 0.1) is 0 Å². The number of fused-ring (bicyclic) bond motifs is 1. The van der Waals surface area contributed by atoms with Crippen LogP contribution in [0.15, 0.2) is 12.1 Å². The predicted molar refractivity (Wildman–Crippen MR) is 60.6 cm³/mol. The summed E-state index contributed by atoms with van der Waals surface area (Å²) in [4.78, 5) is 11.8. The molecule has 0 saturated carbocycles. The van der Waals surface area contributed by atoms with E-state index in [1.165, 1.54) is 0 Å². The van der Waals surface area contributed by atoms with Crippen molar-refractivity contribution >= 4 is 11.7 Å². The molecule has 0 amide bonds. The van der Waals surface area contributed by atoms with Crippen molar-refractivity contribution in [1.82, 2.24) is 0 Å². The first-order chi connectivity index (χ1) is 7.74. The van der Waals surface area contributed by atoms with E-state index in [1.807, 2.05) is 6.07 Å². The second-order valence-electron chi connectivity index (χ2n) is 3.68. The van der Waals surface area contributed by atoms with E-state index in [0.717, 1.165) is 24.2 Å². The lowest BCUT2D eigenvalue weighted by Gasteiger charge is -2.20. The van der Waals surface area contributed by atoms with E-state index in [4.69, 9.17) is 15.2 Å². The van der Waals surface area contributed by atoms with Gasteiger partial charge in [-0.15, -0.1) is 0 Å². The third-order valence-corrected chi connectivity index (χ3v) is 2.61. The summed E-state index contributed by atoms with van der Waals surface area (Å²) in [7, 11) is 0. The average molecular weight is 221 g/mol. The number of nitrogens with two attached hydrogens (primary N) is 1. The fourth-order valence-corrected chi connectivity index (χ4v) is 1.91. The Labute approximate surface area is 94.3 Å². The molecule has 1 aliphatic heterocycles. The number of nitrogen functional groups attached to an aromatic ring is 1. The molecule has 0 unspecified atom stereocenters. The normalized spacial score (nSPS) is 13.8. The molecule has 2 N–H and O–H groups in total. The van der Waals surface area contributed by atoms with Crippen LogP contribution in [0.5, 0.6) is 5.75 Å². The minimum atomic E-state index is -0.359. The highest BCUT2D eigenvalue weighted by Gasteiger charge is 2.22. The zero-order valence-corrected chi connectivity index (χ0v) is 9.29. The molecule has 0 radical (unpaired) electrons. The molecule has 0 fully saturated rings. The lowest BCUT2D eigenvalue weighted by Crippen LogP contribution is -2.16. The van der Waals surface area contributed by atoms with Crippen LogP contribution in [0.4, 0.5) is 5.69 Å². The Bertz CT molecular complexity index is 415. The van der Waals surface area contributed by atoms with Crippen LogP contribution < -0.4 is 10.5 Å². The largest absolute Gasteiger partial charge is 0.493 e. The van der Waals surface area contributed by atoms with Crippen molar-refractivity contribution in [2.45, 2.75) is 19.8 Å². The van der Waals surface area contributed by atoms with Crippen LogP contribution in [0.1, 0.15) is 29.3 Å². The average Bonchev–Trinajstić information content (AvgIpc) is 2.29. The monoisotopic (exact) mass is 221 g/mol. The van der Waals surface area contributed by atoms with Gasteiger partial charge in [-0.2, -0.15) is 0 Å². The highest BCUT2D eigenvalue weighted by Crippen LogP contribution is 2.31. The van der Waals surface area contributed by atoms with Gasteiger partial charge in [-0.05, 0) is 31.9 Å². The van der Waals surface area contributed by atoms with Gasteiger partial charge in [0.1, 0.15) is 5.75 Å². The van der Waals surface area contributed by atoms with E-state index in [2.05, 4.69) is 0 Å². The minimum absolute atomic E-state index is 0.350. The van der Waals surface area contributed by atoms with Crippen molar-refractivity contribution in [3.8, 4) is 5.75 Å². The van der Waals surface area contributed by atoms with Crippen molar-refractivity contribution < 1.29 is 14.3 Å².